The van der Waals surface area contributed by atoms with E-state index in [1.807, 2.05) is 0 Å². The molecule has 1 aliphatic rings. The lowest BCUT2D eigenvalue weighted by atomic mass is 9.67. The Morgan fingerprint density at radius 1 is 0.343 bits per heavy atom. The molecule has 0 N–H and O–H groups in total. The molecule has 0 aromatic heterocycles. The number of hydrogen-bond acceptors (Lipinski definition) is 2. The van der Waals surface area contributed by atoms with Gasteiger partial charge in [-0.25, -0.2) is 0 Å². The van der Waals surface area contributed by atoms with E-state index < -0.39 is 21.6 Å². The summed E-state index contributed by atoms with van der Waals surface area (Å²) in [5.41, 5.74) is 18.8. The molecule has 9 aromatic rings. The van der Waals surface area contributed by atoms with Crippen LogP contribution < -0.4 is 20.2 Å². The van der Waals surface area contributed by atoms with E-state index in [1.54, 1.807) is 0 Å². The molecule has 4 heteroatoms. The molecule has 0 saturated heterocycles. The summed E-state index contributed by atoms with van der Waals surface area (Å²) in [6.07, 6.45) is 0. The lowest BCUT2D eigenvalue weighted by molar-refractivity contribution is 0.768. The van der Waals surface area contributed by atoms with Crippen LogP contribution in [0.4, 0.5) is 34.1 Å². The maximum atomic E-state index is 2.55. The smallest absolute Gasteiger partial charge is 0.0775 e. The molecule has 0 radical (unpaired) electrons. The van der Waals surface area contributed by atoms with Gasteiger partial charge in [-0.2, -0.15) is 0 Å². The second-order valence-electron chi connectivity index (χ2n) is 21.0. The molecule has 0 spiro atoms. The summed E-state index contributed by atoms with van der Waals surface area (Å²) < 4.78 is 0. The fourth-order valence-corrected chi connectivity index (χ4v) is 12.7. The van der Waals surface area contributed by atoms with E-state index in [-0.39, 0.29) is 0 Å². The highest BCUT2D eigenvalue weighted by molar-refractivity contribution is 6.89. The largest absolute Gasteiger partial charge is 0.310 e. The third-order valence-electron chi connectivity index (χ3n) is 14.1. The van der Waals surface area contributed by atoms with Crippen molar-refractivity contribution < 1.29 is 0 Å². The molecule has 67 heavy (non-hydrogen) atoms. The minimum Gasteiger partial charge on any atom is -0.310 e. The summed E-state index contributed by atoms with van der Waals surface area (Å²) in [6.45, 7) is 23.3. The number of fused-ring (bicyclic) bond motifs is 5. The van der Waals surface area contributed by atoms with E-state index in [1.165, 1.54) is 82.5 Å². The third-order valence-corrected chi connectivity index (χ3v) is 18.3. The van der Waals surface area contributed by atoms with Gasteiger partial charge in [0.25, 0.3) is 0 Å². The molecule has 0 heterocycles. The van der Waals surface area contributed by atoms with Crippen LogP contribution in [-0.2, 0) is 5.41 Å². The second-order valence-corrected chi connectivity index (χ2v) is 31.2. The summed E-state index contributed by atoms with van der Waals surface area (Å²) in [5, 5.41) is 5.38. The molecular formula is C63H62N2Si2. The monoisotopic (exact) mass is 902 g/mol. The van der Waals surface area contributed by atoms with Gasteiger partial charge in [0.1, 0.15) is 0 Å². The van der Waals surface area contributed by atoms with Crippen molar-refractivity contribution in [3.8, 4) is 11.1 Å². The lowest BCUT2D eigenvalue weighted by Crippen LogP contribution is -2.37. The zero-order chi connectivity index (χ0) is 46.8. The Balaban J connectivity index is 1.31. The van der Waals surface area contributed by atoms with Crippen LogP contribution in [0.15, 0.2) is 194 Å². The normalized spacial score (nSPS) is 13.0. The topological polar surface area (TPSA) is 6.48 Å². The first-order valence-electron chi connectivity index (χ1n) is 23.9. The summed E-state index contributed by atoms with van der Waals surface area (Å²) in [5.74, 6) is 0. The van der Waals surface area contributed by atoms with Crippen LogP contribution in [0.5, 0.6) is 0 Å². The average molecular weight is 903 g/mol. The van der Waals surface area contributed by atoms with Crippen LogP contribution in [0, 0.1) is 27.7 Å². The molecule has 0 amide bonds. The van der Waals surface area contributed by atoms with Crippen LogP contribution in [0.3, 0.4) is 0 Å². The zero-order valence-electron chi connectivity index (χ0n) is 40.9. The quantitative estimate of drug-likeness (QED) is 0.126. The first-order valence-corrected chi connectivity index (χ1v) is 30.9. The van der Waals surface area contributed by atoms with Gasteiger partial charge in [0.2, 0.25) is 0 Å². The number of hydrogen-bond donors (Lipinski definition) is 0. The summed E-state index contributed by atoms with van der Waals surface area (Å²) in [4.78, 5) is 4.96. The molecular weight excluding hydrogens is 841 g/mol. The van der Waals surface area contributed by atoms with E-state index >= 15 is 0 Å². The molecule has 0 saturated carbocycles. The Morgan fingerprint density at radius 3 is 1.15 bits per heavy atom. The van der Waals surface area contributed by atoms with Crippen molar-refractivity contribution in [3.63, 3.8) is 0 Å². The Bertz CT molecular complexity index is 3200. The van der Waals surface area contributed by atoms with Crippen LogP contribution >= 0.6 is 0 Å². The first kappa shape index (κ1) is 44.1. The van der Waals surface area contributed by atoms with E-state index in [0.29, 0.717) is 0 Å². The highest BCUT2D eigenvalue weighted by atomic mass is 28.3. The number of rotatable bonds is 10. The van der Waals surface area contributed by atoms with E-state index in [9.17, 15) is 0 Å². The van der Waals surface area contributed by atoms with Gasteiger partial charge < -0.3 is 9.80 Å². The van der Waals surface area contributed by atoms with Crippen molar-refractivity contribution in [1.29, 1.82) is 0 Å². The molecule has 0 unspecified atom stereocenters. The Labute approximate surface area is 401 Å². The summed E-state index contributed by atoms with van der Waals surface area (Å²) in [6, 6.07) is 74.6. The molecule has 0 aliphatic heterocycles. The first-order chi connectivity index (χ1) is 32.1. The molecule has 0 fully saturated rings. The predicted molar refractivity (Wildman–Crippen MR) is 296 cm³/mol. The van der Waals surface area contributed by atoms with Crippen LogP contribution in [0.1, 0.15) is 44.5 Å². The molecule has 332 valence electrons. The van der Waals surface area contributed by atoms with Crippen LogP contribution in [-0.4, -0.2) is 16.1 Å². The maximum Gasteiger partial charge on any atom is 0.0775 e. The fourth-order valence-electron chi connectivity index (χ4n) is 10.4. The van der Waals surface area contributed by atoms with Gasteiger partial charge in [-0.05, 0) is 133 Å². The van der Waals surface area contributed by atoms with Gasteiger partial charge in [-0.1, -0.05) is 199 Å². The summed E-state index contributed by atoms with van der Waals surface area (Å²) >= 11 is 0. The van der Waals surface area contributed by atoms with Crippen molar-refractivity contribution in [3.05, 3.63) is 239 Å². The van der Waals surface area contributed by atoms with Crippen molar-refractivity contribution in [2.75, 3.05) is 9.80 Å². The van der Waals surface area contributed by atoms with Gasteiger partial charge in [0, 0.05) is 33.8 Å². The van der Waals surface area contributed by atoms with E-state index in [2.05, 4.69) is 271 Å². The zero-order valence-corrected chi connectivity index (χ0v) is 42.9. The highest BCUT2D eigenvalue weighted by Gasteiger charge is 2.48. The van der Waals surface area contributed by atoms with Gasteiger partial charge in [-0.15, -0.1) is 0 Å². The fraction of sp³-hybridized carbons (Fsp3) is 0.175. The van der Waals surface area contributed by atoms with Gasteiger partial charge in [0.05, 0.1) is 27.3 Å². The minimum absolute atomic E-state index is 0.665. The number of anilines is 6. The minimum atomic E-state index is -1.54. The van der Waals surface area contributed by atoms with Crippen LogP contribution in [0.25, 0.3) is 21.9 Å². The Kier molecular flexibility index (Phi) is 11.1. The number of nitrogens with zero attached hydrogens (tertiary/aromatic N) is 2. The maximum absolute atomic E-state index is 2.55. The highest BCUT2D eigenvalue weighted by Crippen LogP contribution is 2.61. The predicted octanol–water partition coefficient (Wildman–Crippen LogP) is 16.5. The number of aryl methyl sites for hydroxylation is 4. The van der Waals surface area contributed by atoms with Gasteiger partial charge in [0.15, 0.2) is 0 Å². The van der Waals surface area contributed by atoms with Crippen molar-refractivity contribution >= 4 is 71.4 Å². The van der Waals surface area contributed by atoms with Gasteiger partial charge >= 0.3 is 0 Å². The summed E-state index contributed by atoms with van der Waals surface area (Å²) in [7, 11) is -3.06. The second kappa shape index (κ2) is 16.9. The SMILES string of the molecule is Cc1ccc(N(c2ccc([Si](C)(C)C)cc2)c2ccc3c(c2)C(c2ccc(C)cc2)(c2ccc(C)cc2)c2cc(N(c4ccc(C)cc4)c4ccc([Si](C)(C)C)cc4)c4ccccc4c2-3)cc1. The van der Waals surface area contributed by atoms with Crippen LogP contribution in [0.2, 0.25) is 39.3 Å². The average Bonchev–Trinajstić information content (AvgIpc) is 3.61. The lowest BCUT2D eigenvalue weighted by Gasteiger charge is -2.36. The van der Waals surface area contributed by atoms with Crippen molar-refractivity contribution in [1.82, 2.24) is 0 Å². The standard InChI is InChI=1S/C63H62N2Si2/c1-43-15-23-47(24-16-43)63(48-25-17-44(2)18-26-48)59-41-53(64(49-27-19-45(3)20-28-49)50-31-36-54(37-32-50)66(5,6)7)35-40-58(59)62-57-14-12-11-13-56(57)61(42-60(62)63)65(51-29-21-46(4)22-30-51)52-33-38-55(39-34-52)67(8,9)10/h11-42H,1-10H3. The van der Waals surface area contributed by atoms with Crippen molar-refractivity contribution in [2.24, 2.45) is 0 Å². The third kappa shape index (κ3) is 7.86. The molecule has 0 atom stereocenters. The molecule has 1 aliphatic carbocycles. The molecule has 9 aromatic carbocycles. The van der Waals surface area contributed by atoms with E-state index in [4.69, 9.17) is 0 Å². The molecule has 2 nitrogen and oxygen atoms in total. The molecule has 10 rings (SSSR count). The van der Waals surface area contributed by atoms with Crippen molar-refractivity contribution in [2.45, 2.75) is 72.4 Å². The Morgan fingerprint density at radius 2 is 0.716 bits per heavy atom. The van der Waals surface area contributed by atoms with E-state index in [0.717, 1.165) is 28.4 Å². The van der Waals surface area contributed by atoms with Gasteiger partial charge in [-0.3, -0.25) is 0 Å². The number of benzene rings is 9. The molecule has 0 bridgehead atoms. The Hall–Kier alpha value is -6.73.